The Balaban J connectivity index is 2.30. The highest BCUT2D eigenvalue weighted by Crippen LogP contribution is 2.19. The number of aromatic amines is 1. The lowest BCUT2D eigenvalue weighted by atomic mass is 10.0. The van der Waals surface area contributed by atoms with Crippen molar-refractivity contribution < 1.29 is 39.0 Å². The molecule has 4 atom stereocenters. The SMILES string of the molecule is NCCCCC(NC(=O)C(Cc1c[nH]c2ccccc12)NC(=O)C(N)CCC(=O)O)C(=O)NC(CC(N)=O)C(=O)O. The van der Waals surface area contributed by atoms with E-state index in [4.69, 9.17) is 22.3 Å². The fourth-order valence-corrected chi connectivity index (χ4v) is 4.13. The fraction of sp³-hybridized carbons (Fsp3) is 0.462. The number of carboxylic acid groups (broad SMARTS) is 2. The van der Waals surface area contributed by atoms with E-state index in [-0.39, 0.29) is 25.7 Å². The van der Waals surface area contributed by atoms with Gasteiger partial charge in [0.1, 0.15) is 18.1 Å². The number of carbonyl (C=O) groups is 6. The molecule has 1 aromatic carbocycles. The Hall–Kier alpha value is -4.50. The van der Waals surface area contributed by atoms with E-state index < -0.39 is 66.2 Å². The van der Waals surface area contributed by atoms with E-state index >= 15 is 0 Å². The predicted octanol–water partition coefficient (Wildman–Crippen LogP) is -1.55. The zero-order valence-electron chi connectivity index (χ0n) is 22.4. The lowest BCUT2D eigenvalue weighted by Gasteiger charge is -2.25. The maximum absolute atomic E-state index is 13.5. The zero-order valence-corrected chi connectivity index (χ0v) is 22.4. The van der Waals surface area contributed by atoms with E-state index in [1.54, 1.807) is 12.3 Å². The highest BCUT2D eigenvalue weighted by atomic mass is 16.4. The standard InChI is InChI=1S/C26H37N7O8/c27-10-4-3-7-18(24(38)33-20(26(40)41)12-21(29)34)31-25(39)19(32-23(37)16(28)8-9-22(35)36)11-14-13-30-17-6-2-1-5-15(14)17/h1-2,5-6,13,16,18-20,30H,3-4,7-12,27-28H2,(H2,29,34)(H,31,39)(H,32,37)(H,33,38)(H,35,36)(H,40,41). The Morgan fingerprint density at radius 3 is 2.12 bits per heavy atom. The van der Waals surface area contributed by atoms with Gasteiger partial charge in [0.2, 0.25) is 23.6 Å². The Morgan fingerprint density at radius 1 is 0.854 bits per heavy atom. The number of fused-ring (bicyclic) bond motifs is 1. The molecule has 0 bridgehead atoms. The third-order valence-electron chi connectivity index (χ3n) is 6.34. The molecule has 1 aromatic heterocycles. The molecule has 0 radical (unpaired) electrons. The number of aromatic nitrogens is 1. The Bertz CT molecular complexity index is 1250. The van der Waals surface area contributed by atoms with Gasteiger partial charge in [-0.3, -0.25) is 24.0 Å². The van der Waals surface area contributed by atoms with Gasteiger partial charge in [-0.15, -0.1) is 0 Å². The number of hydrogen-bond donors (Lipinski definition) is 9. The molecule has 4 unspecified atom stereocenters. The minimum atomic E-state index is -1.61. The molecule has 1 heterocycles. The summed E-state index contributed by atoms with van der Waals surface area (Å²) in [6, 6.07) is 2.00. The Kier molecular flexibility index (Phi) is 12.7. The van der Waals surface area contributed by atoms with Gasteiger partial charge in [-0.1, -0.05) is 18.2 Å². The zero-order chi connectivity index (χ0) is 30.5. The number of benzene rings is 1. The number of nitrogens with one attached hydrogen (secondary N) is 4. The summed E-state index contributed by atoms with van der Waals surface area (Å²) in [4.78, 5) is 76.1. The van der Waals surface area contributed by atoms with Gasteiger partial charge in [-0.25, -0.2) is 4.79 Å². The van der Waals surface area contributed by atoms with E-state index in [9.17, 15) is 33.9 Å². The molecule has 0 aliphatic carbocycles. The number of aliphatic carboxylic acids is 2. The van der Waals surface area contributed by atoms with E-state index in [1.807, 2.05) is 18.2 Å². The molecule has 0 saturated carbocycles. The first kappa shape index (κ1) is 32.7. The van der Waals surface area contributed by atoms with Crippen LogP contribution in [0.3, 0.4) is 0 Å². The first-order valence-corrected chi connectivity index (χ1v) is 13.1. The monoisotopic (exact) mass is 575 g/mol. The molecule has 0 aliphatic heterocycles. The lowest BCUT2D eigenvalue weighted by Crippen LogP contribution is -2.57. The number of primary amides is 1. The summed E-state index contributed by atoms with van der Waals surface area (Å²) in [5.74, 6) is -5.94. The van der Waals surface area contributed by atoms with Gasteiger partial charge in [0.25, 0.3) is 0 Å². The van der Waals surface area contributed by atoms with Crippen LogP contribution in [0.25, 0.3) is 10.9 Å². The van der Waals surface area contributed by atoms with Crippen molar-refractivity contribution in [2.75, 3.05) is 6.54 Å². The van der Waals surface area contributed by atoms with Crippen molar-refractivity contribution in [1.29, 1.82) is 0 Å². The molecule has 12 N–H and O–H groups in total. The van der Waals surface area contributed by atoms with Crippen LogP contribution in [0, 0.1) is 0 Å². The van der Waals surface area contributed by atoms with Crippen molar-refractivity contribution in [2.24, 2.45) is 17.2 Å². The van der Waals surface area contributed by atoms with Gasteiger partial charge in [0.05, 0.1) is 12.5 Å². The number of amides is 4. The van der Waals surface area contributed by atoms with Crippen molar-refractivity contribution in [2.45, 2.75) is 69.1 Å². The number of H-pyrrole nitrogens is 1. The van der Waals surface area contributed by atoms with Crippen LogP contribution in [-0.4, -0.2) is 81.5 Å². The van der Waals surface area contributed by atoms with E-state index in [2.05, 4.69) is 20.9 Å². The normalized spacial score (nSPS) is 13.9. The first-order chi connectivity index (χ1) is 19.4. The van der Waals surface area contributed by atoms with Crippen LogP contribution < -0.4 is 33.2 Å². The largest absolute Gasteiger partial charge is 0.481 e. The molecule has 2 aromatic rings. The summed E-state index contributed by atoms with van der Waals surface area (Å²) in [6.07, 6.45) is 1.50. The summed E-state index contributed by atoms with van der Waals surface area (Å²) < 4.78 is 0. The van der Waals surface area contributed by atoms with Crippen LogP contribution in [-0.2, 0) is 35.2 Å². The van der Waals surface area contributed by atoms with Crippen LogP contribution in [0.5, 0.6) is 0 Å². The van der Waals surface area contributed by atoms with Gasteiger partial charge < -0.3 is 48.3 Å². The number of para-hydroxylation sites is 1. The van der Waals surface area contributed by atoms with Crippen LogP contribution in [0.1, 0.15) is 44.1 Å². The van der Waals surface area contributed by atoms with Crippen LogP contribution in [0.2, 0.25) is 0 Å². The second-order valence-corrected chi connectivity index (χ2v) is 9.58. The van der Waals surface area contributed by atoms with Gasteiger partial charge >= 0.3 is 11.9 Å². The minimum Gasteiger partial charge on any atom is -0.481 e. The number of carboxylic acids is 2. The summed E-state index contributed by atoms with van der Waals surface area (Å²) in [7, 11) is 0. The molecule has 0 fully saturated rings. The highest BCUT2D eigenvalue weighted by molar-refractivity contribution is 5.95. The molecular weight excluding hydrogens is 538 g/mol. The molecule has 41 heavy (non-hydrogen) atoms. The summed E-state index contributed by atoms with van der Waals surface area (Å²) in [6.45, 7) is 0.315. The lowest BCUT2D eigenvalue weighted by molar-refractivity contribution is -0.144. The van der Waals surface area contributed by atoms with Crippen LogP contribution in [0.15, 0.2) is 30.5 Å². The first-order valence-electron chi connectivity index (χ1n) is 13.1. The van der Waals surface area contributed by atoms with E-state index in [0.29, 0.717) is 24.9 Å². The van der Waals surface area contributed by atoms with Crippen molar-refractivity contribution in [3.8, 4) is 0 Å². The summed E-state index contributed by atoms with van der Waals surface area (Å²) in [5, 5.41) is 26.4. The highest BCUT2D eigenvalue weighted by Gasteiger charge is 2.31. The van der Waals surface area contributed by atoms with Gasteiger partial charge in [0.15, 0.2) is 0 Å². The van der Waals surface area contributed by atoms with Crippen molar-refractivity contribution >= 4 is 46.5 Å². The van der Waals surface area contributed by atoms with Crippen LogP contribution >= 0.6 is 0 Å². The third-order valence-corrected chi connectivity index (χ3v) is 6.34. The number of carbonyl (C=O) groups excluding carboxylic acids is 4. The molecule has 15 heteroatoms. The van der Waals surface area contributed by atoms with Gasteiger partial charge in [-0.2, -0.15) is 0 Å². The molecular formula is C26H37N7O8. The van der Waals surface area contributed by atoms with Gasteiger partial charge in [0, 0.05) is 29.9 Å². The molecule has 224 valence electrons. The van der Waals surface area contributed by atoms with Crippen molar-refractivity contribution in [1.82, 2.24) is 20.9 Å². The minimum absolute atomic E-state index is 0.0101. The van der Waals surface area contributed by atoms with Gasteiger partial charge in [-0.05, 0) is 43.9 Å². The summed E-state index contributed by atoms with van der Waals surface area (Å²) in [5.41, 5.74) is 18.0. The second kappa shape index (κ2) is 15.9. The van der Waals surface area contributed by atoms with Crippen LogP contribution in [0.4, 0.5) is 0 Å². The molecule has 0 spiro atoms. The molecule has 0 aliphatic rings. The fourth-order valence-electron chi connectivity index (χ4n) is 4.13. The third kappa shape index (κ3) is 10.5. The maximum atomic E-state index is 13.5. The Labute approximate surface area is 235 Å². The maximum Gasteiger partial charge on any atom is 0.326 e. The quantitative estimate of drug-likeness (QED) is 0.0922. The molecule has 4 amide bonds. The Morgan fingerprint density at radius 2 is 1.49 bits per heavy atom. The molecule has 2 rings (SSSR count). The number of nitrogens with two attached hydrogens (primary N) is 3. The van der Waals surface area contributed by atoms with E-state index in [0.717, 1.165) is 10.9 Å². The topological polar surface area (TPSA) is 273 Å². The predicted molar refractivity (Wildman–Crippen MR) is 147 cm³/mol. The van der Waals surface area contributed by atoms with E-state index in [1.165, 1.54) is 0 Å². The number of rotatable bonds is 18. The van der Waals surface area contributed by atoms with Crippen molar-refractivity contribution in [3.05, 3.63) is 36.0 Å². The molecule has 15 nitrogen and oxygen atoms in total. The average Bonchev–Trinajstić information content (AvgIpc) is 3.32. The second-order valence-electron chi connectivity index (χ2n) is 9.58. The smallest absolute Gasteiger partial charge is 0.326 e. The summed E-state index contributed by atoms with van der Waals surface area (Å²) >= 11 is 0. The average molecular weight is 576 g/mol. The van der Waals surface area contributed by atoms with Crippen molar-refractivity contribution in [3.63, 3.8) is 0 Å². The number of hydrogen-bond acceptors (Lipinski definition) is 8. The molecule has 0 saturated heterocycles. The number of unbranched alkanes of at least 4 members (excludes halogenated alkanes) is 1.